The molecule has 0 bridgehead atoms. The predicted molar refractivity (Wildman–Crippen MR) is 77.3 cm³/mol. The minimum Gasteiger partial charge on any atom is -0.476 e. The molecule has 1 amide bonds. The van der Waals surface area contributed by atoms with Gasteiger partial charge in [-0.25, -0.2) is 9.48 Å². The fourth-order valence-corrected chi connectivity index (χ4v) is 2.45. The monoisotopic (exact) mass is 300 g/mol. The SMILES string of the molecule is O=C(Cn1cc(C(=O)O)nn1)NCC1(c2ccccc2)CC1. The van der Waals surface area contributed by atoms with Gasteiger partial charge in [0.15, 0.2) is 5.69 Å². The molecule has 0 unspecified atom stereocenters. The Morgan fingerprint density at radius 1 is 1.27 bits per heavy atom. The van der Waals surface area contributed by atoms with Gasteiger partial charge in [-0.3, -0.25) is 4.79 Å². The number of nitrogens with one attached hydrogen (secondary N) is 1. The highest BCUT2D eigenvalue weighted by atomic mass is 16.4. The molecule has 1 aliphatic carbocycles. The van der Waals surface area contributed by atoms with E-state index >= 15 is 0 Å². The van der Waals surface area contributed by atoms with Gasteiger partial charge in [-0.1, -0.05) is 35.5 Å². The number of nitrogens with zero attached hydrogens (tertiary/aromatic N) is 3. The lowest BCUT2D eigenvalue weighted by Crippen LogP contribution is -2.34. The average Bonchev–Trinajstić information content (AvgIpc) is 3.18. The second-order valence-electron chi connectivity index (χ2n) is 5.53. The number of carboxylic acid groups (broad SMARTS) is 1. The van der Waals surface area contributed by atoms with Crippen LogP contribution in [0.25, 0.3) is 0 Å². The summed E-state index contributed by atoms with van der Waals surface area (Å²) in [5.74, 6) is -1.36. The van der Waals surface area contributed by atoms with E-state index in [4.69, 9.17) is 5.11 Å². The number of aromatic nitrogens is 3. The van der Waals surface area contributed by atoms with E-state index in [2.05, 4.69) is 27.8 Å². The Morgan fingerprint density at radius 3 is 2.59 bits per heavy atom. The molecule has 0 atom stereocenters. The van der Waals surface area contributed by atoms with Crippen LogP contribution in [0.3, 0.4) is 0 Å². The van der Waals surface area contributed by atoms with Gasteiger partial charge in [0.05, 0.1) is 6.20 Å². The highest BCUT2D eigenvalue weighted by Gasteiger charge is 2.44. The maximum Gasteiger partial charge on any atom is 0.358 e. The van der Waals surface area contributed by atoms with Crippen LogP contribution in [-0.4, -0.2) is 38.5 Å². The number of hydrogen-bond donors (Lipinski definition) is 2. The van der Waals surface area contributed by atoms with Gasteiger partial charge in [0, 0.05) is 12.0 Å². The Balaban J connectivity index is 1.55. The summed E-state index contributed by atoms with van der Waals surface area (Å²) in [5.41, 5.74) is 1.12. The van der Waals surface area contributed by atoms with Crippen LogP contribution in [0.15, 0.2) is 36.5 Å². The molecule has 7 nitrogen and oxygen atoms in total. The van der Waals surface area contributed by atoms with E-state index in [1.165, 1.54) is 16.4 Å². The van der Waals surface area contributed by atoms with Crippen molar-refractivity contribution in [2.24, 2.45) is 0 Å². The average molecular weight is 300 g/mol. The summed E-state index contributed by atoms with van der Waals surface area (Å²) < 4.78 is 1.22. The molecule has 0 aliphatic heterocycles. The Bertz CT molecular complexity index is 692. The van der Waals surface area contributed by atoms with Crippen LogP contribution >= 0.6 is 0 Å². The third kappa shape index (κ3) is 2.98. The molecule has 0 spiro atoms. The maximum absolute atomic E-state index is 12.0. The van der Waals surface area contributed by atoms with Gasteiger partial charge in [-0.2, -0.15) is 0 Å². The number of rotatable bonds is 6. The van der Waals surface area contributed by atoms with Crippen LogP contribution in [0.1, 0.15) is 28.9 Å². The Kier molecular flexibility index (Phi) is 3.62. The molecule has 1 aliphatic rings. The summed E-state index contributed by atoms with van der Waals surface area (Å²) in [5, 5.41) is 18.7. The quantitative estimate of drug-likeness (QED) is 0.823. The lowest BCUT2D eigenvalue weighted by molar-refractivity contribution is -0.122. The smallest absolute Gasteiger partial charge is 0.358 e. The molecule has 1 saturated carbocycles. The highest BCUT2D eigenvalue weighted by molar-refractivity contribution is 5.84. The normalized spacial score (nSPS) is 15.3. The van der Waals surface area contributed by atoms with Crippen molar-refractivity contribution in [1.29, 1.82) is 0 Å². The molecule has 0 radical (unpaired) electrons. The first kappa shape index (κ1) is 14.2. The Labute approximate surface area is 126 Å². The van der Waals surface area contributed by atoms with Gasteiger partial charge < -0.3 is 10.4 Å². The summed E-state index contributed by atoms with van der Waals surface area (Å²) in [6.45, 7) is 0.543. The lowest BCUT2D eigenvalue weighted by atomic mass is 9.96. The first-order valence-corrected chi connectivity index (χ1v) is 7.05. The van der Waals surface area contributed by atoms with Crippen LogP contribution < -0.4 is 5.32 Å². The number of hydrogen-bond acceptors (Lipinski definition) is 4. The summed E-state index contributed by atoms with van der Waals surface area (Å²) in [6, 6.07) is 10.1. The van der Waals surface area contributed by atoms with E-state index in [1.807, 2.05) is 18.2 Å². The lowest BCUT2D eigenvalue weighted by Gasteiger charge is -2.16. The second-order valence-corrected chi connectivity index (χ2v) is 5.53. The van der Waals surface area contributed by atoms with Gasteiger partial charge >= 0.3 is 5.97 Å². The van der Waals surface area contributed by atoms with Crippen molar-refractivity contribution in [2.45, 2.75) is 24.8 Å². The number of carbonyl (C=O) groups is 2. The standard InChI is InChI=1S/C15H16N4O3/c20-13(9-19-8-12(14(21)22)17-18-19)16-10-15(6-7-15)11-4-2-1-3-5-11/h1-5,8H,6-7,9-10H2,(H,16,20)(H,21,22). The third-order valence-corrected chi connectivity index (χ3v) is 3.93. The van der Waals surface area contributed by atoms with Gasteiger partial charge in [-0.05, 0) is 18.4 Å². The minimum absolute atomic E-state index is 0.0366. The zero-order valence-electron chi connectivity index (χ0n) is 11.9. The van der Waals surface area contributed by atoms with Crippen LogP contribution in [0, 0.1) is 0 Å². The van der Waals surface area contributed by atoms with Crippen molar-refractivity contribution in [3.8, 4) is 0 Å². The van der Waals surface area contributed by atoms with Crippen LogP contribution in [-0.2, 0) is 16.8 Å². The summed E-state index contributed by atoms with van der Waals surface area (Å²) in [4.78, 5) is 22.7. The zero-order chi connectivity index (χ0) is 15.6. The second kappa shape index (κ2) is 5.59. The number of carboxylic acids is 1. The molecule has 2 aromatic rings. The first-order chi connectivity index (χ1) is 10.6. The number of benzene rings is 1. The first-order valence-electron chi connectivity index (χ1n) is 7.05. The van der Waals surface area contributed by atoms with Gasteiger partial charge in [-0.15, -0.1) is 5.10 Å². The van der Waals surface area contributed by atoms with Crippen molar-refractivity contribution >= 4 is 11.9 Å². The molecule has 2 N–H and O–H groups in total. The molecule has 7 heteroatoms. The molecular weight excluding hydrogens is 284 g/mol. The van der Waals surface area contributed by atoms with Gasteiger partial charge in [0.25, 0.3) is 0 Å². The summed E-state index contributed by atoms with van der Waals surface area (Å²) in [7, 11) is 0. The van der Waals surface area contributed by atoms with Crippen LogP contribution in [0.2, 0.25) is 0 Å². The van der Waals surface area contributed by atoms with E-state index in [0.29, 0.717) is 6.54 Å². The van der Waals surface area contributed by atoms with Gasteiger partial charge in [0.1, 0.15) is 6.54 Å². The van der Waals surface area contributed by atoms with E-state index in [9.17, 15) is 9.59 Å². The van der Waals surface area contributed by atoms with Crippen molar-refractivity contribution in [3.05, 3.63) is 47.8 Å². The van der Waals surface area contributed by atoms with E-state index < -0.39 is 5.97 Å². The Morgan fingerprint density at radius 2 is 2.00 bits per heavy atom. The fraction of sp³-hybridized carbons (Fsp3) is 0.333. The van der Waals surface area contributed by atoms with E-state index in [1.54, 1.807) is 0 Å². The molecule has 1 aromatic heterocycles. The molecule has 114 valence electrons. The molecule has 1 fully saturated rings. The number of aromatic carboxylic acids is 1. The van der Waals surface area contributed by atoms with Crippen molar-refractivity contribution in [3.63, 3.8) is 0 Å². The molecular formula is C15H16N4O3. The van der Waals surface area contributed by atoms with Gasteiger partial charge in [0.2, 0.25) is 5.91 Å². The zero-order valence-corrected chi connectivity index (χ0v) is 11.9. The molecule has 1 aromatic carbocycles. The molecule has 1 heterocycles. The largest absolute Gasteiger partial charge is 0.476 e. The third-order valence-electron chi connectivity index (χ3n) is 3.93. The minimum atomic E-state index is -1.16. The highest BCUT2D eigenvalue weighted by Crippen LogP contribution is 2.47. The van der Waals surface area contributed by atoms with E-state index in [-0.39, 0.29) is 23.6 Å². The molecule has 22 heavy (non-hydrogen) atoms. The van der Waals surface area contributed by atoms with E-state index in [0.717, 1.165) is 12.8 Å². The summed E-state index contributed by atoms with van der Waals surface area (Å²) in [6.07, 6.45) is 3.36. The Hall–Kier alpha value is -2.70. The van der Waals surface area contributed by atoms with Crippen LogP contribution in [0.4, 0.5) is 0 Å². The summed E-state index contributed by atoms with van der Waals surface area (Å²) >= 11 is 0. The predicted octanol–water partition coefficient (Wildman–Crippen LogP) is 0.824. The number of amides is 1. The molecule has 0 saturated heterocycles. The number of carbonyl (C=O) groups excluding carboxylic acids is 1. The topological polar surface area (TPSA) is 97.1 Å². The maximum atomic E-state index is 12.0. The van der Waals surface area contributed by atoms with Crippen molar-refractivity contribution < 1.29 is 14.7 Å². The fourth-order valence-electron chi connectivity index (χ4n) is 2.45. The molecule has 3 rings (SSSR count). The van der Waals surface area contributed by atoms with Crippen molar-refractivity contribution in [2.75, 3.05) is 6.54 Å². The van der Waals surface area contributed by atoms with Crippen LogP contribution in [0.5, 0.6) is 0 Å². The van der Waals surface area contributed by atoms with Crippen molar-refractivity contribution in [1.82, 2.24) is 20.3 Å².